The Bertz CT molecular complexity index is 542. The van der Waals surface area contributed by atoms with Crippen LogP contribution < -0.4 is 10.6 Å². The van der Waals surface area contributed by atoms with Crippen LogP contribution in [0.5, 0.6) is 0 Å². The summed E-state index contributed by atoms with van der Waals surface area (Å²) < 4.78 is 59.9. The molecule has 0 atom stereocenters. The lowest BCUT2D eigenvalue weighted by Gasteiger charge is -2.24. The lowest BCUT2D eigenvalue weighted by atomic mass is 10.2. The van der Waals surface area contributed by atoms with Crippen LogP contribution in [0.1, 0.15) is 19.8 Å². The summed E-state index contributed by atoms with van der Waals surface area (Å²) in [4.78, 5) is 1.23. The monoisotopic (exact) mass is 324 g/mol. The summed E-state index contributed by atoms with van der Waals surface area (Å²) in [6, 6.07) is 4.77. The van der Waals surface area contributed by atoms with Crippen molar-refractivity contribution >= 4 is 15.5 Å². The third-order valence-corrected chi connectivity index (χ3v) is 4.44. The molecule has 21 heavy (non-hydrogen) atoms. The molecule has 0 fully saturated rings. The van der Waals surface area contributed by atoms with Gasteiger partial charge in [-0.3, -0.25) is 0 Å². The van der Waals surface area contributed by atoms with Gasteiger partial charge in [-0.25, -0.2) is 8.42 Å². The Morgan fingerprint density at radius 2 is 1.71 bits per heavy atom. The Balaban J connectivity index is 3.00. The maximum absolute atomic E-state index is 12.5. The van der Waals surface area contributed by atoms with Crippen LogP contribution in [0.15, 0.2) is 29.2 Å². The van der Waals surface area contributed by atoms with E-state index >= 15 is 0 Å². The molecule has 4 nitrogen and oxygen atoms in total. The lowest BCUT2D eigenvalue weighted by molar-refractivity contribution is -0.0436. The number of halogens is 3. The maximum Gasteiger partial charge on any atom is 0.501 e. The first-order chi connectivity index (χ1) is 9.74. The molecule has 1 rings (SSSR count). The van der Waals surface area contributed by atoms with Gasteiger partial charge in [-0.05, 0) is 43.7 Å². The Hall–Kier alpha value is -1.28. The molecule has 1 aromatic carbocycles. The van der Waals surface area contributed by atoms with Gasteiger partial charge in [0.2, 0.25) is 0 Å². The minimum atomic E-state index is -5.29. The number of sulfone groups is 1. The SMILES string of the molecule is CCCN(CCCN)c1ccc(S(=O)(=O)C(F)(F)F)cc1. The fourth-order valence-corrected chi connectivity index (χ4v) is 2.65. The number of nitrogens with zero attached hydrogens (tertiary/aromatic N) is 1. The summed E-state index contributed by atoms with van der Waals surface area (Å²) in [6.45, 7) is 3.90. The maximum atomic E-state index is 12.5. The van der Waals surface area contributed by atoms with E-state index in [0.717, 1.165) is 31.5 Å². The number of nitrogens with two attached hydrogens (primary N) is 1. The van der Waals surface area contributed by atoms with E-state index in [0.29, 0.717) is 18.8 Å². The average molecular weight is 324 g/mol. The smallest absolute Gasteiger partial charge is 0.371 e. The van der Waals surface area contributed by atoms with Gasteiger partial charge in [0, 0.05) is 18.8 Å². The van der Waals surface area contributed by atoms with E-state index in [1.54, 1.807) is 0 Å². The second kappa shape index (κ2) is 7.13. The van der Waals surface area contributed by atoms with Crippen LogP contribution >= 0.6 is 0 Å². The van der Waals surface area contributed by atoms with Crippen molar-refractivity contribution in [3.8, 4) is 0 Å². The van der Waals surface area contributed by atoms with Crippen LogP contribution in [0.2, 0.25) is 0 Å². The topological polar surface area (TPSA) is 63.4 Å². The van der Waals surface area contributed by atoms with Gasteiger partial charge in [-0.1, -0.05) is 6.92 Å². The zero-order valence-electron chi connectivity index (χ0n) is 11.7. The Kier molecular flexibility index (Phi) is 6.03. The molecule has 0 aliphatic rings. The van der Waals surface area contributed by atoms with Gasteiger partial charge in [-0.15, -0.1) is 0 Å². The van der Waals surface area contributed by atoms with E-state index in [9.17, 15) is 21.6 Å². The fraction of sp³-hybridized carbons (Fsp3) is 0.538. The molecule has 0 unspecified atom stereocenters. The zero-order chi connectivity index (χ0) is 16.1. The molecule has 0 amide bonds. The minimum Gasteiger partial charge on any atom is -0.371 e. The van der Waals surface area contributed by atoms with Crippen molar-refractivity contribution in [3.05, 3.63) is 24.3 Å². The highest BCUT2D eigenvalue weighted by Crippen LogP contribution is 2.31. The molecule has 1 aromatic rings. The van der Waals surface area contributed by atoms with Crippen LogP contribution in [-0.2, 0) is 9.84 Å². The molecule has 0 aliphatic carbocycles. The quantitative estimate of drug-likeness (QED) is 0.837. The first kappa shape index (κ1) is 17.8. The summed E-state index contributed by atoms with van der Waals surface area (Å²) in [6.07, 6.45) is 1.62. The number of alkyl halides is 3. The minimum absolute atomic E-state index is 0.515. The van der Waals surface area contributed by atoms with Crippen molar-refractivity contribution in [1.82, 2.24) is 0 Å². The number of hydrogen-bond acceptors (Lipinski definition) is 4. The van der Waals surface area contributed by atoms with Crippen molar-refractivity contribution in [2.45, 2.75) is 30.2 Å². The van der Waals surface area contributed by atoms with E-state index in [1.807, 2.05) is 11.8 Å². The van der Waals surface area contributed by atoms with Gasteiger partial charge in [0.1, 0.15) is 0 Å². The normalized spacial score (nSPS) is 12.4. The van der Waals surface area contributed by atoms with Gasteiger partial charge >= 0.3 is 5.51 Å². The predicted molar refractivity (Wildman–Crippen MR) is 75.9 cm³/mol. The molecule has 0 aromatic heterocycles. The summed E-state index contributed by atoms with van der Waals surface area (Å²) in [5.41, 5.74) is 0.855. The summed E-state index contributed by atoms with van der Waals surface area (Å²) >= 11 is 0. The van der Waals surface area contributed by atoms with Gasteiger partial charge in [0.05, 0.1) is 4.90 Å². The Labute approximate surface area is 122 Å². The average Bonchev–Trinajstić information content (AvgIpc) is 2.42. The second-order valence-electron chi connectivity index (χ2n) is 4.57. The second-order valence-corrected chi connectivity index (χ2v) is 6.51. The molecule has 0 heterocycles. The number of rotatable bonds is 7. The van der Waals surface area contributed by atoms with Crippen LogP contribution in [0.4, 0.5) is 18.9 Å². The van der Waals surface area contributed by atoms with Crippen LogP contribution in [0.25, 0.3) is 0 Å². The highest BCUT2D eigenvalue weighted by molar-refractivity contribution is 7.92. The van der Waals surface area contributed by atoms with Crippen molar-refractivity contribution < 1.29 is 21.6 Å². The van der Waals surface area contributed by atoms with Gasteiger partial charge in [0.15, 0.2) is 0 Å². The predicted octanol–water partition coefficient (Wildman–Crippen LogP) is 2.55. The highest BCUT2D eigenvalue weighted by atomic mass is 32.2. The van der Waals surface area contributed by atoms with E-state index in [1.165, 1.54) is 12.1 Å². The number of hydrogen-bond donors (Lipinski definition) is 1. The molecule has 8 heteroatoms. The first-order valence-corrected chi connectivity index (χ1v) is 8.08. The number of anilines is 1. The zero-order valence-corrected chi connectivity index (χ0v) is 12.5. The largest absolute Gasteiger partial charge is 0.501 e. The molecule has 120 valence electrons. The van der Waals surface area contributed by atoms with Gasteiger partial charge in [-0.2, -0.15) is 13.2 Å². The summed E-state index contributed by atoms with van der Waals surface area (Å²) in [5.74, 6) is 0. The van der Waals surface area contributed by atoms with E-state index < -0.39 is 20.2 Å². The van der Waals surface area contributed by atoms with Crippen LogP contribution in [0.3, 0.4) is 0 Å². The van der Waals surface area contributed by atoms with Crippen molar-refractivity contribution in [3.63, 3.8) is 0 Å². The standard InChI is InChI=1S/C13H19F3N2O2S/c1-2-9-18(10-3-8-17)11-4-6-12(7-5-11)21(19,20)13(14,15)16/h4-7H,2-3,8-10,17H2,1H3. The van der Waals surface area contributed by atoms with Gasteiger partial charge < -0.3 is 10.6 Å². The van der Waals surface area contributed by atoms with Gasteiger partial charge in [0.25, 0.3) is 9.84 Å². The van der Waals surface area contributed by atoms with E-state index in [2.05, 4.69) is 0 Å². The molecule has 0 saturated heterocycles. The lowest BCUT2D eigenvalue weighted by Crippen LogP contribution is -2.27. The number of benzene rings is 1. The fourth-order valence-electron chi connectivity index (χ4n) is 1.89. The molecule has 0 spiro atoms. The van der Waals surface area contributed by atoms with Crippen molar-refractivity contribution in [2.24, 2.45) is 5.73 Å². The summed E-state index contributed by atoms with van der Waals surface area (Å²) in [7, 11) is -5.29. The molecular formula is C13H19F3N2O2S. The van der Waals surface area contributed by atoms with E-state index in [-0.39, 0.29) is 0 Å². The third-order valence-electron chi connectivity index (χ3n) is 2.94. The molecule has 0 aliphatic heterocycles. The van der Waals surface area contributed by atoms with E-state index in [4.69, 9.17) is 5.73 Å². The molecule has 0 radical (unpaired) electrons. The highest BCUT2D eigenvalue weighted by Gasteiger charge is 2.46. The summed E-state index contributed by atoms with van der Waals surface area (Å²) in [5, 5.41) is 0. The van der Waals surface area contributed by atoms with Crippen LogP contribution in [0, 0.1) is 0 Å². The van der Waals surface area contributed by atoms with Crippen molar-refractivity contribution in [2.75, 3.05) is 24.5 Å². The molecule has 0 bridgehead atoms. The first-order valence-electron chi connectivity index (χ1n) is 6.60. The molecular weight excluding hydrogens is 305 g/mol. The van der Waals surface area contributed by atoms with Crippen molar-refractivity contribution in [1.29, 1.82) is 0 Å². The Morgan fingerprint density at radius 1 is 1.14 bits per heavy atom. The van der Waals surface area contributed by atoms with Crippen LogP contribution in [-0.4, -0.2) is 33.6 Å². The molecule has 2 N–H and O–H groups in total. The third kappa shape index (κ3) is 4.34. The molecule has 0 saturated carbocycles. The Morgan fingerprint density at radius 3 is 2.14 bits per heavy atom.